The number of hydrogen-bond donors (Lipinski definition) is 1. The zero-order chi connectivity index (χ0) is 24.7. The lowest BCUT2D eigenvalue weighted by Crippen LogP contribution is -2.20. The summed E-state index contributed by atoms with van der Waals surface area (Å²) in [6.45, 7) is 4.08. The molecule has 0 bridgehead atoms. The second kappa shape index (κ2) is 9.23. The molecular weight excluding hydrogens is 467 g/mol. The average Bonchev–Trinajstić information content (AvgIpc) is 3.47. The molecule has 1 aliphatic rings. The van der Waals surface area contributed by atoms with Gasteiger partial charge in [-0.05, 0) is 59.9 Å². The lowest BCUT2D eigenvalue weighted by atomic mass is 9.97. The number of benzene rings is 2. The normalized spacial score (nSPS) is 15.7. The Morgan fingerprint density at radius 3 is 2.49 bits per heavy atom. The van der Waals surface area contributed by atoms with Crippen LogP contribution in [0.2, 0.25) is 5.02 Å². The van der Waals surface area contributed by atoms with E-state index in [1.165, 1.54) is 21.3 Å². The summed E-state index contributed by atoms with van der Waals surface area (Å²) >= 11 is 6.50. The van der Waals surface area contributed by atoms with Gasteiger partial charge >= 0.3 is 5.69 Å². The number of halogens is 2. The molecule has 6 nitrogen and oxygen atoms in total. The van der Waals surface area contributed by atoms with Gasteiger partial charge in [-0.1, -0.05) is 31.0 Å². The van der Waals surface area contributed by atoms with Crippen LogP contribution in [-0.2, 0) is 7.05 Å². The molecule has 3 heterocycles. The molecule has 0 aliphatic carbocycles. The van der Waals surface area contributed by atoms with Crippen molar-refractivity contribution in [2.24, 2.45) is 13.0 Å². The van der Waals surface area contributed by atoms with Gasteiger partial charge in [0, 0.05) is 49.9 Å². The number of hydrogen-bond acceptors (Lipinski definition) is 4. The first-order valence-corrected chi connectivity index (χ1v) is 12.0. The highest BCUT2D eigenvalue weighted by molar-refractivity contribution is 6.32. The molecule has 0 amide bonds. The van der Waals surface area contributed by atoms with Gasteiger partial charge in [0.1, 0.15) is 17.4 Å². The van der Waals surface area contributed by atoms with Gasteiger partial charge < -0.3 is 14.6 Å². The predicted molar refractivity (Wildman–Crippen MR) is 137 cm³/mol. The summed E-state index contributed by atoms with van der Waals surface area (Å²) < 4.78 is 17.6. The Labute approximate surface area is 207 Å². The first-order valence-electron chi connectivity index (χ1n) is 11.6. The van der Waals surface area contributed by atoms with Gasteiger partial charge in [-0.25, -0.2) is 14.2 Å². The van der Waals surface area contributed by atoms with Crippen LogP contribution in [0.4, 0.5) is 10.2 Å². The van der Waals surface area contributed by atoms with Crippen molar-refractivity contribution < 1.29 is 9.50 Å². The molecule has 180 valence electrons. The SMILES string of the molecule is CCC1CCN(c2cc(-c3cc(F)cc(-c4ccc(-n5ccn(C)c5=O)c(Cl)c4)c3O)ccn2)C1. The van der Waals surface area contributed by atoms with Gasteiger partial charge in [0.15, 0.2) is 0 Å². The maximum Gasteiger partial charge on any atom is 0.332 e. The number of aryl methyl sites for hydroxylation is 1. The van der Waals surface area contributed by atoms with Gasteiger partial charge in [0.2, 0.25) is 0 Å². The van der Waals surface area contributed by atoms with E-state index in [-0.39, 0.29) is 11.4 Å². The number of anilines is 1. The van der Waals surface area contributed by atoms with Crippen LogP contribution in [0.15, 0.2) is 65.8 Å². The van der Waals surface area contributed by atoms with Crippen LogP contribution in [0, 0.1) is 11.7 Å². The van der Waals surface area contributed by atoms with E-state index in [1.807, 2.05) is 6.07 Å². The molecule has 5 rings (SSSR count). The fourth-order valence-corrected chi connectivity index (χ4v) is 4.96. The van der Waals surface area contributed by atoms with Crippen molar-refractivity contribution in [3.8, 4) is 33.7 Å². The fourth-order valence-electron chi connectivity index (χ4n) is 4.69. The largest absolute Gasteiger partial charge is 0.507 e. The number of aromatic hydroxyl groups is 1. The zero-order valence-corrected chi connectivity index (χ0v) is 20.3. The summed E-state index contributed by atoms with van der Waals surface area (Å²) in [6.07, 6.45) is 7.22. The number of phenolic OH excluding ortho intramolecular Hbond substituents is 1. The van der Waals surface area contributed by atoms with Crippen molar-refractivity contribution in [2.75, 3.05) is 18.0 Å². The Bertz CT molecular complexity index is 1460. The highest BCUT2D eigenvalue weighted by Crippen LogP contribution is 2.41. The summed E-state index contributed by atoms with van der Waals surface area (Å²) in [7, 11) is 1.66. The first-order chi connectivity index (χ1) is 16.9. The standard InChI is InChI=1S/C27H26ClFN4O2/c1-3-17-7-9-32(16-17)25-13-19(6-8-30-25)22-15-20(29)14-21(26(22)34)18-4-5-24(23(28)12-18)33-11-10-31(2)27(33)35/h4-6,8,10-15,17,34H,3,7,9,16H2,1-2H3. The minimum Gasteiger partial charge on any atom is -0.507 e. The monoisotopic (exact) mass is 492 g/mol. The molecule has 1 fully saturated rings. The van der Waals surface area contributed by atoms with Crippen LogP contribution in [0.1, 0.15) is 19.8 Å². The maximum absolute atomic E-state index is 14.8. The van der Waals surface area contributed by atoms with E-state index >= 15 is 0 Å². The minimum absolute atomic E-state index is 0.0444. The average molecular weight is 493 g/mol. The molecule has 4 aromatic rings. The topological polar surface area (TPSA) is 63.3 Å². The number of pyridine rings is 1. The highest BCUT2D eigenvalue weighted by atomic mass is 35.5. The third-order valence-electron chi connectivity index (χ3n) is 6.78. The number of nitrogens with zero attached hydrogens (tertiary/aromatic N) is 4. The van der Waals surface area contributed by atoms with E-state index in [0.717, 1.165) is 31.7 Å². The van der Waals surface area contributed by atoms with Crippen LogP contribution < -0.4 is 10.6 Å². The van der Waals surface area contributed by atoms with E-state index in [2.05, 4.69) is 16.8 Å². The zero-order valence-electron chi connectivity index (χ0n) is 19.6. The second-order valence-corrected chi connectivity index (χ2v) is 9.40. The molecule has 0 radical (unpaired) electrons. The van der Waals surface area contributed by atoms with Crippen molar-refractivity contribution >= 4 is 17.4 Å². The third-order valence-corrected chi connectivity index (χ3v) is 7.09. The van der Waals surface area contributed by atoms with E-state index < -0.39 is 5.82 Å². The lowest BCUT2D eigenvalue weighted by molar-refractivity contribution is 0.477. The van der Waals surface area contributed by atoms with Gasteiger partial charge in [-0.3, -0.25) is 4.57 Å². The summed E-state index contributed by atoms with van der Waals surface area (Å²) in [5, 5.41) is 11.5. The van der Waals surface area contributed by atoms with Crippen LogP contribution in [-0.4, -0.2) is 32.3 Å². The number of phenols is 1. The lowest BCUT2D eigenvalue weighted by Gasteiger charge is -2.19. The van der Waals surface area contributed by atoms with Crippen LogP contribution in [0.5, 0.6) is 5.75 Å². The second-order valence-electron chi connectivity index (χ2n) is 8.99. The van der Waals surface area contributed by atoms with Gasteiger partial charge in [0.25, 0.3) is 0 Å². The predicted octanol–water partition coefficient (Wildman–Crippen LogP) is 5.64. The Morgan fingerprint density at radius 1 is 1.11 bits per heavy atom. The van der Waals surface area contributed by atoms with E-state index in [1.54, 1.807) is 49.9 Å². The molecule has 2 aromatic carbocycles. The Morgan fingerprint density at radius 2 is 1.86 bits per heavy atom. The molecule has 1 saturated heterocycles. The van der Waals surface area contributed by atoms with E-state index in [0.29, 0.717) is 38.9 Å². The fraction of sp³-hybridized carbons (Fsp3) is 0.259. The summed E-state index contributed by atoms with van der Waals surface area (Å²) in [6, 6.07) is 11.3. The van der Waals surface area contributed by atoms with Crippen LogP contribution in [0.25, 0.3) is 27.9 Å². The highest BCUT2D eigenvalue weighted by Gasteiger charge is 2.23. The molecule has 2 aromatic heterocycles. The molecule has 8 heteroatoms. The van der Waals surface area contributed by atoms with Crippen molar-refractivity contribution in [1.82, 2.24) is 14.1 Å². The van der Waals surface area contributed by atoms with Crippen LogP contribution >= 0.6 is 11.6 Å². The Balaban J connectivity index is 1.53. The molecule has 1 aliphatic heterocycles. The maximum atomic E-state index is 14.8. The van der Waals surface area contributed by atoms with Crippen LogP contribution in [0.3, 0.4) is 0 Å². The Hall–Kier alpha value is -3.58. The molecule has 35 heavy (non-hydrogen) atoms. The number of imidazole rings is 1. The van der Waals surface area contributed by atoms with Gasteiger partial charge in [-0.15, -0.1) is 0 Å². The molecule has 1 N–H and O–H groups in total. The van der Waals surface area contributed by atoms with Crippen molar-refractivity contribution in [1.29, 1.82) is 0 Å². The smallest absolute Gasteiger partial charge is 0.332 e. The van der Waals surface area contributed by atoms with Gasteiger partial charge in [-0.2, -0.15) is 0 Å². The number of rotatable bonds is 5. The minimum atomic E-state index is -0.474. The van der Waals surface area contributed by atoms with Gasteiger partial charge in [0.05, 0.1) is 10.7 Å². The third kappa shape index (κ3) is 4.32. The quantitative estimate of drug-likeness (QED) is 0.391. The molecule has 0 saturated carbocycles. The van der Waals surface area contributed by atoms with Crippen molar-refractivity contribution in [2.45, 2.75) is 19.8 Å². The number of aromatic nitrogens is 3. The molecule has 1 unspecified atom stereocenters. The summed E-state index contributed by atoms with van der Waals surface area (Å²) in [4.78, 5) is 19.0. The molecule has 1 atom stereocenters. The summed E-state index contributed by atoms with van der Waals surface area (Å²) in [5.74, 6) is 0.952. The van der Waals surface area contributed by atoms with Crippen molar-refractivity contribution in [3.63, 3.8) is 0 Å². The van der Waals surface area contributed by atoms with E-state index in [4.69, 9.17) is 11.6 Å². The molecule has 0 spiro atoms. The first kappa shape index (κ1) is 23.2. The van der Waals surface area contributed by atoms with E-state index in [9.17, 15) is 14.3 Å². The molecular formula is C27H26ClFN4O2. The summed E-state index contributed by atoms with van der Waals surface area (Å²) in [5.41, 5.74) is 2.21. The van der Waals surface area contributed by atoms with Crippen molar-refractivity contribution in [3.05, 3.63) is 82.4 Å². The Kier molecular flexibility index (Phi) is 6.11.